The summed E-state index contributed by atoms with van der Waals surface area (Å²) in [7, 11) is 0. The van der Waals surface area contributed by atoms with Crippen molar-refractivity contribution >= 4 is 10.9 Å². The second-order valence-corrected chi connectivity index (χ2v) is 10.2. The number of tetrazole rings is 1. The van der Waals surface area contributed by atoms with Crippen LogP contribution in [0.15, 0.2) is 82.2 Å². The van der Waals surface area contributed by atoms with Gasteiger partial charge in [-0.05, 0) is 79.6 Å². The number of furan rings is 1. The van der Waals surface area contributed by atoms with Crippen molar-refractivity contribution in [2.45, 2.75) is 58.8 Å². The highest BCUT2D eigenvalue weighted by Gasteiger charge is 2.35. The van der Waals surface area contributed by atoms with E-state index >= 15 is 0 Å². The predicted molar refractivity (Wildman–Crippen MR) is 149 cm³/mol. The van der Waals surface area contributed by atoms with E-state index in [1.54, 1.807) is 6.26 Å². The second-order valence-electron chi connectivity index (χ2n) is 10.2. The lowest BCUT2D eigenvalue weighted by Crippen LogP contribution is -2.38. The standard InChI is InChI=1S/C30H34N6O3/c1-5-30(3,4)36-28(32-33-34-36)27(25-18-22-17-23(38-6-2)14-15-26(22)31-29(25)37)35(20-24-13-10-16-39-24)19-21-11-8-7-9-12-21/h7-18,27H,5-6,19-20H2,1-4H3,(H,31,37). The van der Waals surface area contributed by atoms with Crippen LogP contribution >= 0.6 is 0 Å². The minimum atomic E-state index is -0.569. The van der Waals surface area contributed by atoms with Crippen molar-refractivity contribution in [2.75, 3.05) is 6.61 Å². The molecular weight excluding hydrogens is 492 g/mol. The number of benzene rings is 2. The van der Waals surface area contributed by atoms with Crippen molar-refractivity contribution in [3.63, 3.8) is 0 Å². The van der Waals surface area contributed by atoms with Crippen LogP contribution in [0, 0.1) is 0 Å². The van der Waals surface area contributed by atoms with Crippen LogP contribution in [0.1, 0.15) is 62.9 Å². The Morgan fingerprint density at radius 2 is 1.87 bits per heavy atom. The molecule has 3 heterocycles. The van der Waals surface area contributed by atoms with Gasteiger partial charge in [-0.2, -0.15) is 0 Å². The Bertz CT molecular complexity index is 1570. The van der Waals surface area contributed by atoms with Crippen molar-refractivity contribution in [3.05, 3.63) is 106 Å². The predicted octanol–water partition coefficient (Wildman–Crippen LogP) is 5.44. The maximum atomic E-state index is 13.8. The molecule has 0 saturated carbocycles. The Morgan fingerprint density at radius 3 is 2.59 bits per heavy atom. The summed E-state index contributed by atoms with van der Waals surface area (Å²) < 4.78 is 13.4. The summed E-state index contributed by atoms with van der Waals surface area (Å²) >= 11 is 0. The molecule has 0 fully saturated rings. The van der Waals surface area contributed by atoms with E-state index < -0.39 is 6.04 Å². The summed E-state index contributed by atoms with van der Waals surface area (Å²) in [5.41, 5.74) is 1.81. The van der Waals surface area contributed by atoms with Gasteiger partial charge in [-0.3, -0.25) is 9.69 Å². The van der Waals surface area contributed by atoms with Gasteiger partial charge in [0.25, 0.3) is 5.56 Å². The minimum absolute atomic E-state index is 0.196. The van der Waals surface area contributed by atoms with Crippen molar-refractivity contribution in [2.24, 2.45) is 0 Å². The largest absolute Gasteiger partial charge is 0.494 e. The van der Waals surface area contributed by atoms with E-state index in [9.17, 15) is 4.79 Å². The summed E-state index contributed by atoms with van der Waals surface area (Å²) in [6.45, 7) is 9.78. The van der Waals surface area contributed by atoms with Gasteiger partial charge in [-0.1, -0.05) is 37.3 Å². The zero-order valence-electron chi connectivity index (χ0n) is 22.8. The summed E-state index contributed by atoms with van der Waals surface area (Å²) in [5, 5.41) is 13.9. The van der Waals surface area contributed by atoms with E-state index in [-0.39, 0.29) is 11.1 Å². The third kappa shape index (κ3) is 5.63. The summed E-state index contributed by atoms with van der Waals surface area (Å²) in [6.07, 6.45) is 2.47. The smallest absolute Gasteiger partial charge is 0.253 e. The van der Waals surface area contributed by atoms with Gasteiger partial charge in [0.2, 0.25) is 0 Å². The molecule has 0 radical (unpaired) electrons. The first kappa shape index (κ1) is 26.4. The highest BCUT2D eigenvalue weighted by molar-refractivity contribution is 5.80. The van der Waals surface area contributed by atoms with Crippen LogP contribution in [0.4, 0.5) is 0 Å². The molecule has 2 aromatic carbocycles. The number of rotatable bonds is 11. The molecule has 5 aromatic rings. The number of hydrogen-bond donors (Lipinski definition) is 1. The van der Waals surface area contributed by atoms with Crippen molar-refractivity contribution in [3.8, 4) is 5.75 Å². The number of nitrogens with zero attached hydrogens (tertiary/aromatic N) is 5. The molecule has 0 spiro atoms. The average molecular weight is 527 g/mol. The molecule has 202 valence electrons. The number of pyridine rings is 1. The first-order valence-corrected chi connectivity index (χ1v) is 13.3. The Hall–Kier alpha value is -4.24. The van der Waals surface area contributed by atoms with E-state index in [2.05, 4.69) is 58.3 Å². The Kier molecular flexibility index (Phi) is 7.60. The van der Waals surface area contributed by atoms with Crippen molar-refractivity contribution in [1.29, 1.82) is 0 Å². The molecule has 0 aliphatic heterocycles. The zero-order chi connectivity index (χ0) is 27.4. The van der Waals surface area contributed by atoms with Crippen LogP contribution in [0.25, 0.3) is 10.9 Å². The second kappa shape index (κ2) is 11.2. The lowest BCUT2D eigenvalue weighted by molar-refractivity contribution is 0.168. The number of hydrogen-bond acceptors (Lipinski definition) is 7. The number of fused-ring (bicyclic) bond motifs is 1. The van der Waals surface area contributed by atoms with Gasteiger partial charge in [-0.15, -0.1) is 5.10 Å². The molecule has 39 heavy (non-hydrogen) atoms. The van der Waals surface area contributed by atoms with Gasteiger partial charge < -0.3 is 14.1 Å². The van der Waals surface area contributed by atoms with Crippen LogP contribution in [-0.2, 0) is 18.6 Å². The third-order valence-electron chi connectivity index (χ3n) is 7.16. The molecule has 0 aliphatic rings. The molecule has 1 N–H and O–H groups in total. The molecule has 0 saturated heterocycles. The highest BCUT2D eigenvalue weighted by atomic mass is 16.5. The number of aromatic amines is 1. The molecule has 9 heteroatoms. The fourth-order valence-corrected chi connectivity index (χ4v) is 4.76. The van der Waals surface area contributed by atoms with E-state index in [4.69, 9.17) is 9.15 Å². The lowest BCUT2D eigenvalue weighted by Gasteiger charge is -2.33. The quantitative estimate of drug-likeness (QED) is 0.244. The third-order valence-corrected chi connectivity index (χ3v) is 7.16. The van der Waals surface area contributed by atoms with E-state index in [1.165, 1.54) is 0 Å². The number of ether oxygens (including phenoxy) is 1. The van der Waals surface area contributed by atoms with Crippen LogP contribution in [0.2, 0.25) is 0 Å². The summed E-state index contributed by atoms with van der Waals surface area (Å²) in [4.78, 5) is 19.0. The van der Waals surface area contributed by atoms with Gasteiger partial charge in [0.05, 0.1) is 25.0 Å². The molecule has 0 bridgehead atoms. The van der Waals surface area contributed by atoms with Gasteiger partial charge >= 0.3 is 0 Å². The minimum Gasteiger partial charge on any atom is -0.494 e. The van der Waals surface area contributed by atoms with Gasteiger partial charge in [-0.25, -0.2) is 4.68 Å². The van der Waals surface area contributed by atoms with Crippen molar-refractivity contribution < 1.29 is 9.15 Å². The molecule has 1 unspecified atom stereocenters. The van der Waals surface area contributed by atoms with Crippen LogP contribution in [0.5, 0.6) is 5.75 Å². The van der Waals surface area contributed by atoms with Gasteiger partial charge in [0, 0.05) is 23.0 Å². The fraction of sp³-hybridized carbons (Fsp3) is 0.333. The average Bonchev–Trinajstić information content (AvgIpc) is 3.63. The first-order chi connectivity index (χ1) is 18.9. The highest BCUT2D eigenvalue weighted by Crippen LogP contribution is 2.33. The number of H-pyrrole nitrogens is 1. The summed E-state index contributed by atoms with van der Waals surface area (Å²) in [5.74, 6) is 2.11. The Morgan fingerprint density at radius 1 is 1.05 bits per heavy atom. The maximum Gasteiger partial charge on any atom is 0.253 e. The van der Waals surface area contributed by atoms with Crippen LogP contribution < -0.4 is 10.3 Å². The molecule has 3 aromatic heterocycles. The molecule has 9 nitrogen and oxygen atoms in total. The van der Waals surface area contributed by atoms with E-state index in [0.717, 1.165) is 34.4 Å². The summed E-state index contributed by atoms with van der Waals surface area (Å²) in [6, 6.07) is 21.0. The van der Waals surface area contributed by atoms with Crippen LogP contribution in [0.3, 0.4) is 0 Å². The van der Waals surface area contributed by atoms with E-state index in [0.29, 0.717) is 31.1 Å². The zero-order valence-corrected chi connectivity index (χ0v) is 22.8. The molecule has 1 atom stereocenters. The van der Waals surface area contributed by atoms with Gasteiger partial charge in [0.1, 0.15) is 17.6 Å². The van der Waals surface area contributed by atoms with Crippen molar-refractivity contribution in [1.82, 2.24) is 30.1 Å². The first-order valence-electron chi connectivity index (χ1n) is 13.3. The monoisotopic (exact) mass is 526 g/mol. The Labute approximate surface area is 227 Å². The SMILES string of the molecule is CCOc1ccc2[nH]c(=O)c(C(c3nnnn3C(C)(C)CC)N(Cc3ccccc3)Cc3ccco3)cc2c1. The van der Waals surface area contributed by atoms with Crippen LogP contribution in [-0.4, -0.2) is 36.7 Å². The molecule has 0 aliphatic carbocycles. The Balaban J connectivity index is 1.72. The molecule has 5 rings (SSSR count). The van der Waals surface area contributed by atoms with E-state index in [1.807, 2.05) is 66.2 Å². The normalized spacial score (nSPS) is 12.7. The maximum absolute atomic E-state index is 13.8. The van der Waals surface area contributed by atoms with Gasteiger partial charge in [0.15, 0.2) is 5.82 Å². The number of aromatic nitrogens is 5. The fourth-order valence-electron chi connectivity index (χ4n) is 4.76. The lowest BCUT2D eigenvalue weighted by atomic mass is 9.98. The molecule has 0 amide bonds. The molecular formula is C30H34N6O3. The number of nitrogens with one attached hydrogen (secondary N) is 1. The topological polar surface area (TPSA) is 102 Å².